The molecule has 0 fully saturated rings. The Balaban J connectivity index is 1.14. The molecule has 52 heavy (non-hydrogen) atoms. The summed E-state index contributed by atoms with van der Waals surface area (Å²) in [5, 5.41) is 7.22. The molecule has 0 aliphatic heterocycles. The summed E-state index contributed by atoms with van der Waals surface area (Å²) in [6, 6.07) is 45.8. The minimum absolute atomic E-state index is 0.176. The van der Waals surface area contributed by atoms with Crippen LogP contribution in [0, 0.1) is 0 Å². The fourth-order valence-electron chi connectivity index (χ4n) is 7.45. The quantitative estimate of drug-likeness (QED) is 0.185. The second-order valence-corrected chi connectivity index (χ2v) is 14.0. The van der Waals surface area contributed by atoms with Crippen LogP contribution in [0.15, 0.2) is 174 Å². The molecule has 0 radical (unpaired) electrons. The molecule has 0 N–H and O–H groups in total. The third-order valence-corrected chi connectivity index (χ3v) is 11.1. The van der Waals surface area contributed by atoms with Gasteiger partial charge in [0.25, 0.3) is 0 Å². The molecule has 11 aromatic rings. The van der Waals surface area contributed by atoms with Crippen molar-refractivity contribution >= 4 is 75.1 Å². The van der Waals surface area contributed by atoms with Gasteiger partial charge in [0.15, 0.2) is 11.4 Å². The molecule has 0 aliphatic rings. The maximum atomic E-state index is 8.52. The van der Waals surface area contributed by atoms with E-state index in [1.807, 2.05) is 54.6 Å². The Morgan fingerprint density at radius 2 is 1.21 bits per heavy atom. The van der Waals surface area contributed by atoms with E-state index < -0.39 is 6.04 Å². The van der Waals surface area contributed by atoms with Crippen molar-refractivity contribution in [2.24, 2.45) is 0 Å². The van der Waals surface area contributed by atoms with Crippen LogP contribution in [-0.2, 0) is 0 Å². The van der Waals surface area contributed by atoms with E-state index in [1.54, 1.807) is 17.4 Å². The number of para-hydroxylation sites is 1. The Morgan fingerprint density at radius 3 is 2.06 bits per heavy atom. The predicted octanol–water partition coefficient (Wildman–Crippen LogP) is 13.7. The first kappa shape index (κ1) is 24.5. The van der Waals surface area contributed by atoms with Gasteiger partial charge in [0, 0.05) is 42.1 Å². The summed E-state index contributed by atoms with van der Waals surface area (Å²) < 4.78 is 50.3. The van der Waals surface area contributed by atoms with Crippen LogP contribution in [-0.4, -0.2) is 9.97 Å². The second-order valence-electron chi connectivity index (χ2n) is 13.0. The van der Waals surface area contributed by atoms with Gasteiger partial charge in [-0.1, -0.05) is 127 Å². The third-order valence-electron chi connectivity index (χ3n) is 9.93. The van der Waals surface area contributed by atoms with Crippen LogP contribution in [0.2, 0.25) is 0 Å². The average molecular weight is 686 g/mol. The first-order valence-electron chi connectivity index (χ1n) is 19.6. The van der Waals surface area contributed by atoms with E-state index >= 15 is 0 Å². The molecule has 242 valence electrons. The molecule has 0 unspecified atom stereocenters. The van der Waals surface area contributed by atoms with Gasteiger partial charge in [-0.2, -0.15) is 0 Å². The molecule has 0 saturated heterocycles. The number of benzene rings is 8. The molecule has 4 heteroatoms. The lowest BCUT2D eigenvalue weighted by Gasteiger charge is -2.12. The van der Waals surface area contributed by atoms with Gasteiger partial charge in [-0.3, -0.25) is 0 Å². The maximum Gasteiger partial charge on any atom is 0.180 e. The van der Waals surface area contributed by atoms with E-state index in [1.165, 1.54) is 20.3 Å². The van der Waals surface area contributed by atoms with Crippen LogP contribution in [0.25, 0.3) is 109 Å². The first-order chi connectivity index (χ1) is 27.8. The number of hydrogen-bond acceptors (Lipinski definition) is 4. The number of hydrogen-bond donors (Lipinski definition) is 0. The zero-order valence-electron chi connectivity index (χ0n) is 32.5. The second kappa shape index (κ2) is 11.5. The van der Waals surface area contributed by atoms with Gasteiger partial charge < -0.3 is 4.42 Å². The molecule has 0 spiro atoms. The molecular formula is C48H28N2OS. The number of furan rings is 1. The fourth-order valence-corrected chi connectivity index (χ4v) is 8.70. The smallest absolute Gasteiger partial charge is 0.180 e. The van der Waals surface area contributed by atoms with E-state index in [9.17, 15) is 0 Å². The number of rotatable bonds is 4. The largest absolute Gasteiger partial charge is 0.452 e. The lowest BCUT2D eigenvalue weighted by Crippen LogP contribution is -1.95. The highest BCUT2D eigenvalue weighted by atomic mass is 32.1. The minimum atomic E-state index is -0.408. The Kier molecular flexibility index (Phi) is 5.40. The van der Waals surface area contributed by atoms with Crippen LogP contribution in [0.5, 0.6) is 0 Å². The van der Waals surface area contributed by atoms with Gasteiger partial charge in [-0.05, 0) is 80.9 Å². The van der Waals surface area contributed by atoms with Crippen molar-refractivity contribution in [2.45, 2.75) is 0 Å². The van der Waals surface area contributed by atoms with Crippen molar-refractivity contribution in [2.75, 3.05) is 0 Å². The molecule has 3 heterocycles. The topological polar surface area (TPSA) is 38.9 Å². The average Bonchev–Trinajstić information content (AvgIpc) is 3.84. The predicted molar refractivity (Wildman–Crippen MR) is 219 cm³/mol. The molecule has 0 atom stereocenters. The monoisotopic (exact) mass is 685 g/mol. The van der Waals surface area contributed by atoms with E-state index in [2.05, 4.69) is 78.9 Å². The number of fused-ring (bicyclic) bond motifs is 9. The first-order valence-corrected chi connectivity index (χ1v) is 17.9. The van der Waals surface area contributed by atoms with Crippen LogP contribution in [0.4, 0.5) is 0 Å². The van der Waals surface area contributed by atoms with E-state index in [0.29, 0.717) is 22.7 Å². The van der Waals surface area contributed by atoms with Gasteiger partial charge in [-0.25, -0.2) is 9.97 Å². The Bertz CT molecular complexity index is 3460. The van der Waals surface area contributed by atoms with Gasteiger partial charge in [-0.15, -0.1) is 11.3 Å². The van der Waals surface area contributed by atoms with Crippen molar-refractivity contribution in [3.8, 4) is 44.9 Å². The molecule has 3 nitrogen and oxygen atoms in total. The van der Waals surface area contributed by atoms with Crippen molar-refractivity contribution in [3.05, 3.63) is 170 Å². The number of nitrogens with zero attached hydrogens (tertiary/aromatic N) is 2. The standard InChI is InChI=1S/C48H28N2OS/c1-3-11-29(12-4-1)31-19-20-33-26-36(24-22-32(33)25-31)44-46-45(37-15-7-9-17-41(37)51-46)50-48(49-44)40-28-35-23-21-34(30-13-5-2-6-14-30)27-39(35)47-43(40)38-16-8-10-18-42(38)52-47/h1-28H/i1D,3D,4D,11D,12D. The van der Waals surface area contributed by atoms with Crippen molar-refractivity contribution < 1.29 is 11.3 Å². The highest BCUT2D eigenvalue weighted by Gasteiger charge is 2.22. The Labute approximate surface area is 310 Å². The molecule has 3 aromatic heterocycles. The molecule has 8 aromatic carbocycles. The number of aromatic nitrogens is 2. The molecular weight excluding hydrogens is 653 g/mol. The van der Waals surface area contributed by atoms with E-state index in [-0.39, 0.29) is 29.7 Å². The highest BCUT2D eigenvalue weighted by Crippen LogP contribution is 2.46. The third kappa shape index (κ3) is 4.58. The summed E-state index contributed by atoms with van der Waals surface area (Å²) in [7, 11) is 0. The van der Waals surface area contributed by atoms with Crippen LogP contribution in [0.1, 0.15) is 6.85 Å². The summed E-state index contributed by atoms with van der Waals surface area (Å²) in [6.07, 6.45) is 0. The fraction of sp³-hybridized carbons (Fsp3) is 0. The van der Waals surface area contributed by atoms with Gasteiger partial charge in [0.1, 0.15) is 16.8 Å². The lowest BCUT2D eigenvalue weighted by molar-refractivity contribution is 0.667. The Morgan fingerprint density at radius 1 is 0.519 bits per heavy atom. The zero-order valence-corrected chi connectivity index (χ0v) is 28.3. The summed E-state index contributed by atoms with van der Waals surface area (Å²) >= 11 is 1.79. The van der Waals surface area contributed by atoms with Crippen LogP contribution in [0.3, 0.4) is 0 Å². The molecule has 0 amide bonds. The number of thiophene rings is 1. The molecule has 0 bridgehead atoms. The highest BCUT2D eigenvalue weighted by molar-refractivity contribution is 7.26. The molecule has 0 saturated carbocycles. The van der Waals surface area contributed by atoms with Crippen LogP contribution < -0.4 is 0 Å². The van der Waals surface area contributed by atoms with Crippen molar-refractivity contribution in [1.82, 2.24) is 9.97 Å². The van der Waals surface area contributed by atoms with Crippen LogP contribution >= 0.6 is 11.3 Å². The summed E-state index contributed by atoms with van der Waals surface area (Å²) in [5.74, 6) is 0.600. The van der Waals surface area contributed by atoms with Crippen molar-refractivity contribution in [3.63, 3.8) is 0 Å². The summed E-state index contributed by atoms with van der Waals surface area (Å²) in [4.78, 5) is 10.7. The summed E-state index contributed by atoms with van der Waals surface area (Å²) in [5.41, 5.74) is 7.55. The van der Waals surface area contributed by atoms with Gasteiger partial charge in [0.05, 0.1) is 6.85 Å². The Hall–Kier alpha value is -6.62. The maximum absolute atomic E-state index is 8.52. The van der Waals surface area contributed by atoms with E-state index in [4.69, 9.17) is 21.2 Å². The van der Waals surface area contributed by atoms with Crippen molar-refractivity contribution in [1.29, 1.82) is 0 Å². The van der Waals surface area contributed by atoms with Gasteiger partial charge >= 0.3 is 0 Å². The van der Waals surface area contributed by atoms with E-state index in [0.717, 1.165) is 60.1 Å². The SMILES string of the molecule is [2H]c1c([2H])c([2H])c(-c2ccc3cc(-c4nc(-c5cc6ccc(-c7ccccc7)cc6c6sc7ccccc7c56)nc5c4oc4ccccc45)ccc3c2)c([2H])c1[2H]. The molecule has 0 aliphatic carbocycles. The molecule has 11 rings (SSSR count). The minimum Gasteiger partial charge on any atom is -0.452 e. The zero-order chi connectivity index (χ0) is 38.5. The normalized spacial score (nSPS) is 13.2. The summed E-state index contributed by atoms with van der Waals surface area (Å²) in [6.45, 7) is 0. The lowest BCUT2D eigenvalue weighted by atomic mass is 9.96. The van der Waals surface area contributed by atoms with Gasteiger partial charge in [0.2, 0.25) is 0 Å².